The van der Waals surface area contributed by atoms with Gasteiger partial charge in [-0.3, -0.25) is 4.72 Å². The van der Waals surface area contributed by atoms with Crippen molar-refractivity contribution in [2.45, 2.75) is 55.9 Å². The van der Waals surface area contributed by atoms with Gasteiger partial charge in [0.15, 0.2) is 0 Å². The van der Waals surface area contributed by atoms with Crippen LogP contribution in [0.3, 0.4) is 0 Å². The molecule has 2 aromatic carbocycles. The molecule has 2 aromatic rings. The maximum absolute atomic E-state index is 13.6. The third-order valence-electron chi connectivity index (χ3n) is 7.35. The van der Waals surface area contributed by atoms with Crippen LogP contribution in [0.2, 0.25) is 0 Å². The fourth-order valence-electron chi connectivity index (χ4n) is 5.11. The molecule has 0 saturated carbocycles. The predicted octanol–water partition coefficient (Wildman–Crippen LogP) is 3.56. The molecule has 2 aliphatic heterocycles. The van der Waals surface area contributed by atoms with Crippen LogP contribution in [-0.4, -0.2) is 83.3 Å². The highest BCUT2D eigenvalue weighted by atomic mass is 32.2. The van der Waals surface area contributed by atoms with E-state index < -0.39 is 20.2 Å². The number of nitrogens with one attached hydrogen (secondary N) is 1. The topological polar surface area (TPSA) is 99.3 Å². The molecule has 0 aromatic heterocycles. The van der Waals surface area contributed by atoms with Crippen molar-refractivity contribution in [1.82, 2.24) is 13.5 Å². The van der Waals surface area contributed by atoms with E-state index in [0.29, 0.717) is 18.3 Å². The zero-order chi connectivity index (χ0) is 27.2. The minimum Gasteiger partial charge on any atom is -0.492 e. The number of rotatable bonds is 5. The lowest BCUT2D eigenvalue weighted by Crippen LogP contribution is -2.40. The molecular weight excluding hydrogens is 524 g/mol. The lowest BCUT2D eigenvalue weighted by molar-refractivity contribution is 0.137. The first-order valence-electron chi connectivity index (χ1n) is 13.4. The first-order chi connectivity index (χ1) is 18.1. The van der Waals surface area contributed by atoms with Crippen LogP contribution in [0.4, 0.5) is 5.69 Å². The Hall–Kier alpha value is -2.18. The number of hydrogen-bond donors (Lipinski definition) is 1. The summed E-state index contributed by atoms with van der Waals surface area (Å²) in [4.78, 5) is 2.72. The van der Waals surface area contributed by atoms with E-state index in [9.17, 15) is 16.8 Å². The second-order valence-electron chi connectivity index (χ2n) is 10.2. The molecule has 1 fully saturated rings. The molecule has 1 unspecified atom stereocenters. The van der Waals surface area contributed by atoms with E-state index in [2.05, 4.69) is 21.8 Å². The van der Waals surface area contributed by atoms with Crippen LogP contribution in [-0.2, 0) is 26.7 Å². The fraction of sp³-hybridized carbons (Fsp3) is 0.556. The van der Waals surface area contributed by atoms with Crippen LogP contribution >= 0.6 is 0 Å². The van der Waals surface area contributed by atoms with Crippen molar-refractivity contribution >= 4 is 25.9 Å². The van der Waals surface area contributed by atoms with Crippen LogP contribution in [0.1, 0.15) is 44.1 Å². The number of ether oxygens (including phenoxy) is 1. The first-order valence-corrected chi connectivity index (χ1v) is 16.3. The number of benzene rings is 2. The SMILES string of the molecule is CN(C)S(=O)(=O)Nc1ccc(S(=O)(=O)N2CCCCN3CCCCC3CCc3cccc(c3)OCC2)cc1. The second-order valence-corrected chi connectivity index (χ2v) is 14.1. The highest BCUT2D eigenvalue weighted by Crippen LogP contribution is 2.25. The van der Waals surface area contributed by atoms with Gasteiger partial charge in [0.2, 0.25) is 10.0 Å². The minimum absolute atomic E-state index is 0.126. The van der Waals surface area contributed by atoms with Gasteiger partial charge in [-0.25, -0.2) is 8.42 Å². The Labute approximate surface area is 228 Å². The fourth-order valence-corrected chi connectivity index (χ4v) is 7.19. The molecule has 38 heavy (non-hydrogen) atoms. The Balaban J connectivity index is 1.51. The van der Waals surface area contributed by atoms with Crippen molar-refractivity contribution in [3.05, 3.63) is 54.1 Å². The normalized spacial score (nSPS) is 21.1. The Bertz CT molecular complexity index is 1270. The number of piperidine rings is 1. The zero-order valence-electron chi connectivity index (χ0n) is 22.4. The molecule has 11 heteroatoms. The summed E-state index contributed by atoms with van der Waals surface area (Å²) in [6, 6.07) is 14.5. The summed E-state index contributed by atoms with van der Waals surface area (Å²) in [5.41, 5.74) is 1.55. The molecule has 2 aliphatic rings. The van der Waals surface area contributed by atoms with Crippen molar-refractivity contribution < 1.29 is 21.6 Å². The number of sulfonamides is 1. The summed E-state index contributed by atoms with van der Waals surface area (Å²) >= 11 is 0. The van der Waals surface area contributed by atoms with Gasteiger partial charge in [-0.1, -0.05) is 18.6 Å². The molecule has 2 heterocycles. The Morgan fingerprint density at radius 3 is 2.32 bits per heavy atom. The van der Waals surface area contributed by atoms with Crippen LogP contribution in [0, 0.1) is 0 Å². The van der Waals surface area contributed by atoms with Gasteiger partial charge >= 0.3 is 10.2 Å². The number of hydrogen-bond acceptors (Lipinski definition) is 6. The molecule has 0 aliphatic carbocycles. The summed E-state index contributed by atoms with van der Waals surface area (Å²) in [5, 5.41) is 0. The molecule has 9 nitrogen and oxygen atoms in total. The monoisotopic (exact) mass is 564 g/mol. The summed E-state index contributed by atoms with van der Waals surface area (Å²) in [6.45, 7) is 2.97. The Kier molecular flexibility index (Phi) is 9.69. The maximum Gasteiger partial charge on any atom is 0.301 e. The van der Waals surface area contributed by atoms with Crippen molar-refractivity contribution in [3.63, 3.8) is 0 Å². The Morgan fingerprint density at radius 2 is 1.58 bits per heavy atom. The summed E-state index contributed by atoms with van der Waals surface area (Å²) in [5.74, 6) is 0.757. The van der Waals surface area contributed by atoms with Gasteiger partial charge in [0.05, 0.1) is 4.90 Å². The molecule has 1 atom stereocenters. The van der Waals surface area contributed by atoms with Crippen LogP contribution < -0.4 is 9.46 Å². The van der Waals surface area contributed by atoms with Gasteiger partial charge in [-0.2, -0.15) is 17.0 Å². The summed E-state index contributed by atoms with van der Waals surface area (Å²) < 4.78 is 62.4. The van der Waals surface area contributed by atoms with Gasteiger partial charge < -0.3 is 9.64 Å². The largest absolute Gasteiger partial charge is 0.492 e. The van der Waals surface area contributed by atoms with Gasteiger partial charge in [-0.15, -0.1) is 0 Å². The molecule has 0 spiro atoms. The van der Waals surface area contributed by atoms with E-state index in [-0.39, 0.29) is 18.0 Å². The zero-order valence-corrected chi connectivity index (χ0v) is 24.0. The van der Waals surface area contributed by atoms with E-state index in [1.165, 1.54) is 67.5 Å². The third kappa shape index (κ3) is 7.47. The minimum atomic E-state index is -3.79. The lowest BCUT2D eigenvalue weighted by Gasteiger charge is -2.36. The van der Waals surface area contributed by atoms with Crippen LogP contribution in [0.5, 0.6) is 5.75 Å². The quantitative estimate of drug-likeness (QED) is 0.596. The number of anilines is 1. The molecule has 210 valence electrons. The van der Waals surface area contributed by atoms with Gasteiger partial charge in [0, 0.05) is 38.9 Å². The van der Waals surface area contributed by atoms with E-state index in [1.54, 1.807) is 0 Å². The molecule has 2 bridgehead atoms. The van der Waals surface area contributed by atoms with Crippen molar-refractivity contribution in [2.75, 3.05) is 51.6 Å². The average Bonchev–Trinajstić information content (AvgIpc) is 2.89. The lowest BCUT2D eigenvalue weighted by atomic mass is 9.95. The predicted molar refractivity (Wildman–Crippen MR) is 150 cm³/mol. The van der Waals surface area contributed by atoms with Crippen molar-refractivity contribution in [1.29, 1.82) is 0 Å². The van der Waals surface area contributed by atoms with Gasteiger partial charge in [0.1, 0.15) is 12.4 Å². The van der Waals surface area contributed by atoms with Gasteiger partial charge in [0.25, 0.3) is 0 Å². The summed E-state index contributed by atoms with van der Waals surface area (Å²) in [6.07, 6.45) is 7.55. The molecule has 1 saturated heterocycles. The molecule has 0 amide bonds. The summed E-state index contributed by atoms with van der Waals surface area (Å²) in [7, 11) is -4.62. The first kappa shape index (κ1) is 28.8. The van der Waals surface area contributed by atoms with E-state index in [1.807, 2.05) is 12.1 Å². The van der Waals surface area contributed by atoms with E-state index >= 15 is 0 Å². The molecule has 4 rings (SSSR count). The molecule has 0 radical (unpaired) electrons. The maximum atomic E-state index is 13.6. The smallest absolute Gasteiger partial charge is 0.301 e. The highest BCUT2D eigenvalue weighted by molar-refractivity contribution is 7.90. The van der Waals surface area contributed by atoms with E-state index in [0.717, 1.165) is 48.8 Å². The number of nitrogens with zero attached hydrogens (tertiary/aromatic N) is 3. The third-order valence-corrected chi connectivity index (χ3v) is 10.7. The van der Waals surface area contributed by atoms with Crippen LogP contribution in [0.25, 0.3) is 0 Å². The van der Waals surface area contributed by atoms with Crippen molar-refractivity contribution in [2.24, 2.45) is 0 Å². The van der Waals surface area contributed by atoms with Gasteiger partial charge in [-0.05, 0) is 93.6 Å². The highest BCUT2D eigenvalue weighted by Gasteiger charge is 2.26. The second kappa shape index (κ2) is 12.8. The van der Waals surface area contributed by atoms with E-state index in [4.69, 9.17) is 4.74 Å². The molecule has 1 N–H and O–H groups in total. The molecular formula is C27H40N4O5S2. The number of fused-ring (bicyclic) bond motifs is 3. The van der Waals surface area contributed by atoms with Crippen LogP contribution in [0.15, 0.2) is 53.4 Å². The number of aryl methyl sites for hydroxylation is 1. The standard InChI is InChI=1S/C27H40N4O5S2/c1-29(2)38(34,35)28-24-12-15-27(16-13-24)37(32,33)31-19-6-5-18-30-17-4-3-9-25(30)14-11-23-8-7-10-26(22-23)36-21-20-31/h7-8,10,12-13,15-16,22,25,28H,3-6,9,11,14,17-21H2,1-2H3. The average molecular weight is 565 g/mol. The Morgan fingerprint density at radius 1 is 0.868 bits per heavy atom. The van der Waals surface area contributed by atoms with Crippen molar-refractivity contribution in [3.8, 4) is 5.75 Å².